The normalized spacial score (nSPS) is 13.1. The topological polar surface area (TPSA) is 89.0 Å². The Morgan fingerprint density at radius 1 is 1.08 bits per heavy atom. The molecule has 7 nitrogen and oxygen atoms in total. The summed E-state index contributed by atoms with van der Waals surface area (Å²) >= 11 is 7.77. The van der Waals surface area contributed by atoms with E-state index in [0.717, 1.165) is 35.1 Å². The molecule has 37 heavy (non-hydrogen) atoms. The van der Waals surface area contributed by atoms with Crippen molar-refractivity contribution in [1.29, 1.82) is 0 Å². The lowest BCUT2D eigenvalue weighted by Crippen LogP contribution is -2.20. The molecule has 0 radical (unpaired) electrons. The third kappa shape index (κ3) is 7.62. The van der Waals surface area contributed by atoms with Crippen LogP contribution in [-0.4, -0.2) is 42.9 Å². The van der Waals surface area contributed by atoms with E-state index in [4.69, 9.17) is 21.1 Å². The molecule has 0 saturated carbocycles. The summed E-state index contributed by atoms with van der Waals surface area (Å²) in [4.78, 5) is 29.3. The number of benzene rings is 3. The van der Waals surface area contributed by atoms with Gasteiger partial charge in [0.2, 0.25) is 0 Å². The first kappa shape index (κ1) is 26.3. The van der Waals surface area contributed by atoms with Gasteiger partial charge in [-0.1, -0.05) is 47.6 Å². The van der Waals surface area contributed by atoms with Gasteiger partial charge in [0.1, 0.15) is 0 Å². The van der Waals surface area contributed by atoms with E-state index in [0.29, 0.717) is 27.8 Å². The predicted molar refractivity (Wildman–Crippen MR) is 151 cm³/mol. The number of allylic oxidation sites excluding steroid dienone is 1. The fraction of sp³-hybridized carbons (Fsp3) is 0.179. The van der Waals surface area contributed by atoms with Gasteiger partial charge in [-0.2, -0.15) is 0 Å². The second-order valence-electron chi connectivity index (χ2n) is 8.02. The van der Waals surface area contributed by atoms with Crippen LogP contribution in [0.15, 0.2) is 77.8 Å². The summed E-state index contributed by atoms with van der Waals surface area (Å²) in [5, 5.41) is 7.34. The highest BCUT2D eigenvalue weighted by Gasteiger charge is 2.11. The average molecular weight is 536 g/mol. The van der Waals surface area contributed by atoms with Crippen LogP contribution in [0.2, 0.25) is 5.02 Å². The van der Waals surface area contributed by atoms with Crippen LogP contribution >= 0.6 is 23.4 Å². The molecule has 3 aromatic carbocycles. The molecule has 0 aliphatic carbocycles. The summed E-state index contributed by atoms with van der Waals surface area (Å²) in [6.45, 7) is 0.625. The molecule has 1 aliphatic heterocycles. The van der Waals surface area contributed by atoms with Crippen molar-refractivity contribution in [2.75, 3.05) is 36.6 Å². The summed E-state index contributed by atoms with van der Waals surface area (Å²) in [5.74, 6) is 1.44. The lowest BCUT2D eigenvalue weighted by molar-refractivity contribution is -0.118. The Labute approximate surface area is 224 Å². The Morgan fingerprint density at radius 3 is 2.62 bits per heavy atom. The van der Waals surface area contributed by atoms with Gasteiger partial charge >= 0.3 is 0 Å². The van der Waals surface area contributed by atoms with Gasteiger partial charge in [0, 0.05) is 23.5 Å². The third-order valence-electron chi connectivity index (χ3n) is 5.34. The van der Waals surface area contributed by atoms with Crippen molar-refractivity contribution in [2.24, 2.45) is 4.99 Å². The number of amides is 1. The van der Waals surface area contributed by atoms with Gasteiger partial charge in [-0.05, 0) is 66.6 Å². The molecule has 1 amide bonds. The van der Waals surface area contributed by atoms with Crippen LogP contribution in [-0.2, 0) is 4.79 Å². The van der Waals surface area contributed by atoms with Crippen molar-refractivity contribution in [3.8, 4) is 11.5 Å². The van der Waals surface area contributed by atoms with Gasteiger partial charge in [0.15, 0.2) is 29.1 Å². The molecule has 2 N–H and O–H groups in total. The Bertz CT molecular complexity index is 1330. The average Bonchev–Trinajstić information content (AvgIpc) is 2.93. The van der Waals surface area contributed by atoms with Crippen molar-refractivity contribution < 1.29 is 19.1 Å². The van der Waals surface area contributed by atoms with Gasteiger partial charge in [0.25, 0.3) is 5.91 Å². The molecule has 0 unspecified atom stereocenters. The van der Waals surface area contributed by atoms with E-state index < -0.39 is 0 Å². The quantitative estimate of drug-likeness (QED) is 0.252. The third-order valence-corrected chi connectivity index (χ3v) is 6.67. The smallest absolute Gasteiger partial charge is 0.262 e. The number of amidine groups is 1. The lowest BCUT2D eigenvalue weighted by Gasteiger charge is -2.13. The van der Waals surface area contributed by atoms with E-state index in [-0.39, 0.29) is 18.3 Å². The number of hydrogen-bond acceptors (Lipinski definition) is 7. The standard InChI is InChI=1S/C28H26ClN3O4S/c1-35-26-17-19(8-14-25(26)36-18-27(34)32-23-6-3-2-5-22(23)29)7-13-24(33)20-9-11-21(12-10-20)31-28-30-15-4-16-37-28/h2-3,5-14,17H,4,15-16,18H2,1H3,(H,30,31)(H,32,34). The molecule has 1 heterocycles. The Kier molecular flexibility index (Phi) is 9.24. The van der Waals surface area contributed by atoms with Crippen molar-refractivity contribution >= 4 is 57.7 Å². The van der Waals surface area contributed by atoms with Gasteiger partial charge < -0.3 is 20.1 Å². The van der Waals surface area contributed by atoms with Gasteiger partial charge in [-0.15, -0.1) is 0 Å². The molecule has 0 saturated heterocycles. The molecular weight excluding hydrogens is 510 g/mol. The zero-order chi connectivity index (χ0) is 26.0. The highest BCUT2D eigenvalue weighted by Crippen LogP contribution is 2.29. The molecule has 0 bridgehead atoms. The van der Waals surface area contributed by atoms with E-state index in [2.05, 4.69) is 15.6 Å². The number of nitrogens with one attached hydrogen (secondary N) is 2. The first-order valence-electron chi connectivity index (χ1n) is 11.6. The lowest BCUT2D eigenvalue weighted by atomic mass is 10.1. The fourth-order valence-electron chi connectivity index (χ4n) is 3.44. The minimum atomic E-state index is -0.351. The van der Waals surface area contributed by atoms with E-state index in [1.807, 2.05) is 12.1 Å². The molecule has 4 rings (SSSR count). The molecule has 0 aromatic heterocycles. The summed E-state index contributed by atoms with van der Waals surface area (Å²) in [6.07, 6.45) is 4.31. The highest BCUT2D eigenvalue weighted by molar-refractivity contribution is 8.14. The van der Waals surface area contributed by atoms with Gasteiger partial charge in [-0.3, -0.25) is 14.6 Å². The number of thioether (sulfide) groups is 1. The molecule has 0 fully saturated rings. The number of aliphatic imine (C=N–C) groups is 1. The van der Waals surface area contributed by atoms with E-state index in [1.54, 1.807) is 72.4 Å². The largest absolute Gasteiger partial charge is 0.493 e. The van der Waals surface area contributed by atoms with Crippen LogP contribution in [0.25, 0.3) is 6.08 Å². The zero-order valence-corrected chi connectivity index (χ0v) is 21.8. The number of para-hydroxylation sites is 1. The second-order valence-corrected chi connectivity index (χ2v) is 9.51. The number of hydrogen-bond donors (Lipinski definition) is 2. The number of carbonyl (C=O) groups is 2. The maximum absolute atomic E-state index is 12.6. The van der Waals surface area contributed by atoms with Crippen LogP contribution in [0.3, 0.4) is 0 Å². The molecular formula is C28H26ClN3O4S. The Balaban J connectivity index is 1.33. The number of ether oxygens (including phenoxy) is 2. The summed E-state index contributed by atoms with van der Waals surface area (Å²) < 4.78 is 11.0. The summed E-state index contributed by atoms with van der Waals surface area (Å²) in [5.41, 5.74) is 2.74. The number of anilines is 2. The highest BCUT2D eigenvalue weighted by atomic mass is 35.5. The maximum atomic E-state index is 12.6. The first-order valence-corrected chi connectivity index (χ1v) is 13.0. The minimum Gasteiger partial charge on any atom is -0.493 e. The molecule has 9 heteroatoms. The van der Waals surface area contributed by atoms with Crippen molar-refractivity contribution in [3.05, 3.63) is 89.0 Å². The number of rotatable bonds is 9. The van der Waals surface area contributed by atoms with Gasteiger partial charge in [0.05, 0.1) is 17.8 Å². The molecule has 1 aliphatic rings. The van der Waals surface area contributed by atoms with Crippen molar-refractivity contribution in [3.63, 3.8) is 0 Å². The van der Waals surface area contributed by atoms with Crippen LogP contribution in [0.1, 0.15) is 22.3 Å². The first-order chi connectivity index (χ1) is 18.0. The summed E-state index contributed by atoms with van der Waals surface area (Å²) in [6, 6.07) is 19.5. The number of carbonyl (C=O) groups excluding carboxylic acids is 2. The number of nitrogens with zero attached hydrogens (tertiary/aromatic N) is 1. The Morgan fingerprint density at radius 2 is 1.89 bits per heavy atom. The molecule has 0 atom stereocenters. The predicted octanol–water partition coefficient (Wildman–Crippen LogP) is 6.17. The zero-order valence-electron chi connectivity index (χ0n) is 20.2. The van der Waals surface area contributed by atoms with Crippen LogP contribution < -0.4 is 20.1 Å². The molecule has 3 aromatic rings. The number of halogens is 1. The van der Waals surface area contributed by atoms with E-state index >= 15 is 0 Å². The van der Waals surface area contributed by atoms with E-state index in [1.165, 1.54) is 13.2 Å². The number of methoxy groups -OCH3 is 1. The van der Waals surface area contributed by atoms with Crippen LogP contribution in [0.4, 0.5) is 11.4 Å². The van der Waals surface area contributed by atoms with Gasteiger partial charge in [-0.25, -0.2) is 0 Å². The Hall–Kier alpha value is -3.75. The van der Waals surface area contributed by atoms with Crippen LogP contribution in [0.5, 0.6) is 11.5 Å². The summed E-state index contributed by atoms with van der Waals surface area (Å²) in [7, 11) is 1.51. The fourth-order valence-corrected chi connectivity index (χ4v) is 4.47. The van der Waals surface area contributed by atoms with Crippen molar-refractivity contribution in [2.45, 2.75) is 6.42 Å². The minimum absolute atomic E-state index is 0.119. The van der Waals surface area contributed by atoms with Crippen LogP contribution in [0, 0.1) is 0 Å². The monoisotopic (exact) mass is 535 g/mol. The molecule has 0 spiro atoms. The molecule has 190 valence electrons. The maximum Gasteiger partial charge on any atom is 0.262 e. The van der Waals surface area contributed by atoms with E-state index in [9.17, 15) is 9.59 Å². The van der Waals surface area contributed by atoms with Crippen molar-refractivity contribution in [1.82, 2.24) is 0 Å². The number of ketones is 1. The SMILES string of the molecule is COc1cc(C=CC(=O)c2ccc(NC3=NCCCS3)cc2)ccc1OCC(=O)Nc1ccccc1Cl. The second kappa shape index (κ2) is 13.0.